The molecule has 0 bridgehead atoms. The van der Waals surface area contributed by atoms with Gasteiger partial charge in [-0.1, -0.05) is 12.8 Å². The monoisotopic (exact) mass is 418 g/mol. The Morgan fingerprint density at radius 1 is 1.00 bits per heavy atom. The van der Waals surface area contributed by atoms with Crippen molar-refractivity contribution in [2.45, 2.75) is 32.1 Å². The molecule has 1 aromatic rings. The van der Waals surface area contributed by atoms with Gasteiger partial charge in [0, 0.05) is 25.1 Å². The van der Waals surface area contributed by atoms with Crippen molar-refractivity contribution >= 4 is 29.4 Å². The molecule has 9 heteroatoms. The number of hydrogen-bond donors (Lipinski definition) is 1. The van der Waals surface area contributed by atoms with Gasteiger partial charge in [0.1, 0.15) is 0 Å². The summed E-state index contributed by atoms with van der Waals surface area (Å²) in [5, 5.41) is 2.64. The van der Waals surface area contributed by atoms with Gasteiger partial charge >= 0.3 is 5.97 Å². The van der Waals surface area contributed by atoms with Crippen LogP contribution in [-0.4, -0.2) is 56.5 Å². The van der Waals surface area contributed by atoms with E-state index in [4.69, 9.17) is 14.2 Å². The number of hydrogen-bond acceptors (Lipinski definition) is 7. The van der Waals surface area contributed by atoms with Crippen molar-refractivity contribution in [2.75, 3.05) is 33.2 Å². The number of carbonyl (C=O) groups excluding carboxylic acids is 4. The molecule has 9 nitrogen and oxygen atoms in total. The normalized spacial score (nSPS) is 20.6. The number of nitrogens with zero attached hydrogens (tertiary/aromatic N) is 1. The lowest BCUT2D eigenvalue weighted by molar-refractivity contribution is -0.140. The van der Waals surface area contributed by atoms with Crippen LogP contribution >= 0.6 is 0 Å². The molecule has 2 aliphatic rings. The molecule has 1 aliphatic carbocycles. The fraction of sp³-hybridized carbons (Fsp3) is 0.524. The molecule has 0 spiro atoms. The number of likely N-dealkylation sites (tertiary alicyclic amines) is 1. The van der Waals surface area contributed by atoms with Crippen molar-refractivity contribution in [3.8, 4) is 11.5 Å². The van der Waals surface area contributed by atoms with Gasteiger partial charge in [0.15, 0.2) is 11.5 Å². The van der Waals surface area contributed by atoms with Gasteiger partial charge in [0.2, 0.25) is 17.7 Å². The average molecular weight is 418 g/mol. The zero-order valence-corrected chi connectivity index (χ0v) is 17.4. The number of imide groups is 1. The predicted octanol–water partition coefficient (Wildman–Crippen LogP) is 1.99. The fourth-order valence-corrected chi connectivity index (χ4v) is 4.14. The van der Waals surface area contributed by atoms with Gasteiger partial charge in [-0.25, -0.2) is 4.79 Å². The summed E-state index contributed by atoms with van der Waals surface area (Å²) in [4.78, 5) is 50.9. The molecule has 162 valence electrons. The Morgan fingerprint density at radius 2 is 1.57 bits per heavy atom. The second kappa shape index (κ2) is 9.15. The fourth-order valence-electron chi connectivity index (χ4n) is 4.14. The van der Waals surface area contributed by atoms with Crippen molar-refractivity contribution in [3.05, 3.63) is 17.7 Å². The van der Waals surface area contributed by atoms with Gasteiger partial charge in [-0.05, 0) is 12.8 Å². The summed E-state index contributed by atoms with van der Waals surface area (Å²) in [5.74, 6) is -1.31. The van der Waals surface area contributed by atoms with Crippen LogP contribution in [0.5, 0.6) is 11.5 Å². The zero-order valence-electron chi connectivity index (χ0n) is 17.4. The minimum Gasteiger partial charge on any atom is -0.493 e. The van der Waals surface area contributed by atoms with E-state index in [-0.39, 0.29) is 47.9 Å². The first kappa shape index (κ1) is 21.6. The Kier molecular flexibility index (Phi) is 6.59. The molecule has 3 amide bonds. The second-order valence-corrected chi connectivity index (χ2v) is 7.37. The molecule has 0 aromatic heterocycles. The summed E-state index contributed by atoms with van der Waals surface area (Å²) in [7, 11) is 4.10. The standard InChI is InChI=1S/C21H26N2O7/c1-28-16-10-14(21(27)30-3)15(11-17(16)29-2)22-18(24)8-9-23-19(25)12-6-4-5-7-13(12)20(23)26/h10-13H,4-9H2,1-3H3,(H,22,24)/t12-,13-/m1/s1. The van der Waals surface area contributed by atoms with E-state index in [0.717, 1.165) is 25.7 Å². The number of ether oxygens (including phenoxy) is 3. The number of methoxy groups -OCH3 is 3. The molecule has 0 radical (unpaired) electrons. The molecule has 3 rings (SSSR count). The van der Waals surface area contributed by atoms with E-state index in [0.29, 0.717) is 11.5 Å². The average Bonchev–Trinajstić information content (AvgIpc) is 3.01. The maximum absolute atomic E-state index is 12.5. The summed E-state index contributed by atoms with van der Waals surface area (Å²) < 4.78 is 15.2. The molecule has 1 heterocycles. The molecule has 1 saturated carbocycles. The van der Waals surface area contributed by atoms with E-state index in [2.05, 4.69) is 5.32 Å². The first-order valence-electron chi connectivity index (χ1n) is 9.90. The summed E-state index contributed by atoms with van der Waals surface area (Å²) in [6.45, 7) is 0.0113. The number of fused-ring (bicyclic) bond motifs is 1. The van der Waals surface area contributed by atoms with Crippen LogP contribution in [0.1, 0.15) is 42.5 Å². The maximum atomic E-state index is 12.5. The highest BCUT2D eigenvalue weighted by atomic mass is 16.5. The Hall–Kier alpha value is -3.10. The third kappa shape index (κ3) is 4.10. The quantitative estimate of drug-likeness (QED) is 0.532. The Bertz CT molecular complexity index is 843. The predicted molar refractivity (Wildman–Crippen MR) is 106 cm³/mol. The third-order valence-electron chi connectivity index (χ3n) is 5.70. The highest BCUT2D eigenvalue weighted by Gasteiger charge is 2.47. The zero-order chi connectivity index (χ0) is 21.8. The lowest BCUT2D eigenvalue weighted by Crippen LogP contribution is -2.34. The van der Waals surface area contributed by atoms with Gasteiger partial charge < -0.3 is 19.5 Å². The molecular formula is C21H26N2O7. The van der Waals surface area contributed by atoms with Crippen molar-refractivity contribution in [1.29, 1.82) is 0 Å². The number of nitrogens with one attached hydrogen (secondary N) is 1. The lowest BCUT2D eigenvalue weighted by Gasteiger charge is -2.19. The molecule has 30 heavy (non-hydrogen) atoms. The summed E-state index contributed by atoms with van der Waals surface area (Å²) in [5.41, 5.74) is 0.292. The van der Waals surface area contributed by atoms with Crippen LogP contribution in [0, 0.1) is 11.8 Å². The number of benzene rings is 1. The Balaban J connectivity index is 1.71. The largest absolute Gasteiger partial charge is 0.493 e. The number of esters is 1. The summed E-state index contributed by atoms with van der Waals surface area (Å²) in [6, 6.07) is 2.88. The van der Waals surface area contributed by atoms with E-state index in [1.165, 1.54) is 38.4 Å². The minimum atomic E-state index is -0.653. The minimum absolute atomic E-state index is 0.0113. The SMILES string of the molecule is COC(=O)c1cc(OC)c(OC)cc1NC(=O)CCN1C(=O)[C@@H]2CCCC[C@H]2C1=O. The van der Waals surface area contributed by atoms with Gasteiger partial charge in [-0.3, -0.25) is 19.3 Å². The third-order valence-corrected chi connectivity index (χ3v) is 5.70. The van der Waals surface area contributed by atoms with Crippen LogP contribution in [0.4, 0.5) is 5.69 Å². The van der Waals surface area contributed by atoms with E-state index in [1.54, 1.807) is 0 Å². The van der Waals surface area contributed by atoms with Crippen LogP contribution in [0.3, 0.4) is 0 Å². The topological polar surface area (TPSA) is 111 Å². The highest BCUT2D eigenvalue weighted by Crippen LogP contribution is 2.38. The van der Waals surface area contributed by atoms with Gasteiger partial charge in [-0.15, -0.1) is 0 Å². The van der Waals surface area contributed by atoms with Crippen LogP contribution in [0.25, 0.3) is 0 Å². The summed E-state index contributed by atoms with van der Waals surface area (Å²) >= 11 is 0. The van der Waals surface area contributed by atoms with Gasteiger partial charge in [0.25, 0.3) is 0 Å². The number of carbonyl (C=O) groups is 4. The summed E-state index contributed by atoms with van der Waals surface area (Å²) in [6.07, 6.45) is 3.28. The van der Waals surface area contributed by atoms with Crippen LogP contribution in [0.15, 0.2) is 12.1 Å². The van der Waals surface area contributed by atoms with Crippen molar-refractivity contribution in [3.63, 3.8) is 0 Å². The molecule has 2 fully saturated rings. The van der Waals surface area contributed by atoms with E-state index in [9.17, 15) is 19.2 Å². The molecular weight excluding hydrogens is 392 g/mol. The van der Waals surface area contributed by atoms with E-state index >= 15 is 0 Å². The first-order chi connectivity index (χ1) is 14.4. The smallest absolute Gasteiger partial charge is 0.340 e. The maximum Gasteiger partial charge on any atom is 0.340 e. The lowest BCUT2D eigenvalue weighted by atomic mass is 9.81. The number of rotatable bonds is 7. The van der Waals surface area contributed by atoms with Crippen LogP contribution in [-0.2, 0) is 19.1 Å². The Labute approximate surface area is 174 Å². The second-order valence-electron chi connectivity index (χ2n) is 7.37. The van der Waals surface area contributed by atoms with Crippen molar-refractivity contribution < 1.29 is 33.4 Å². The number of amides is 3. The van der Waals surface area contributed by atoms with Crippen molar-refractivity contribution in [1.82, 2.24) is 4.90 Å². The molecule has 2 atom stereocenters. The Morgan fingerprint density at radius 3 is 2.10 bits per heavy atom. The van der Waals surface area contributed by atoms with Gasteiger partial charge in [0.05, 0.1) is 44.4 Å². The number of anilines is 1. The van der Waals surface area contributed by atoms with Crippen LogP contribution < -0.4 is 14.8 Å². The first-order valence-corrected chi connectivity index (χ1v) is 9.90. The van der Waals surface area contributed by atoms with E-state index in [1.807, 2.05) is 0 Å². The molecule has 1 saturated heterocycles. The molecule has 0 unspecified atom stereocenters. The highest BCUT2D eigenvalue weighted by molar-refractivity contribution is 6.06. The molecule has 1 aliphatic heterocycles. The van der Waals surface area contributed by atoms with Crippen LogP contribution in [0.2, 0.25) is 0 Å². The molecule has 1 aromatic carbocycles. The van der Waals surface area contributed by atoms with E-state index < -0.39 is 11.9 Å². The van der Waals surface area contributed by atoms with Gasteiger partial charge in [-0.2, -0.15) is 0 Å². The van der Waals surface area contributed by atoms with Crippen molar-refractivity contribution in [2.24, 2.45) is 11.8 Å². The molecule has 1 N–H and O–H groups in total.